The number of hydrogen-bond acceptors (Lipinski definition) is 5. The fourth-order valence-electron chi connectivity index (χ4n) is 2.33. The van der Waals surface area contributed by atoms with Crippen LogP contribution < -0.4 is 10.6 Å². The Labute approximate surface area is 158 Å². The lowest BCUT2D eigenvalue weighted by Crippen LogP contribution is -2.08. The van der Waals surface area contributed by atoms with E-state index in [4.69, 9.17) is 11.6 Å². The van der Waals surface area contributed by atoms with Gasteiger partial charge < -0.3 is 10.6 Å². The molecule has 27 heavy (non-hydrogen) atoms. The van der Waals surface area contributed by atoms with Crippen LogP contribution in [0.5, 0.6) is 0 Å². The zero-order valence-electron chi connectivity index (χ0n) is 14.2. The summed E-state index contributed by atoms with van der Waals surface area (Å²) in [6.45, 7) is 2.28. The van der Waals surface area contributed by atoms with Crippen molar-refractivity contribution in [2.75, 3.05) is 10.6 Å². The zero-order chi connectivity index (χ0) is 19.4. The summed E-state index contributed by atoms with van der Waals surface area (Å²) in [6.07, 6.45) is -1.10. The van der Waals surface area contributed by atoms with Gasteiger partial charge in [0, 0.05) is 30.7 Å². The van der Waals surface area contributed by atoms with E-state index in [2.05, 4.69) is 25.6 Å². The highest BCUT2D eigenvalue weighted by molar-refractivity contribution is 6.33. The molecule has 5 nitrogen and oxygen atoms in total. The number of halogens is 4. The quantitative estimate of drug-likeness (QED) is 0.623. The summed E-state index contributed by atoms with van der Waals surface area (Å²) < 4.78 is 38.7. The second kappa shape index (κ2) is 7.79. The number of anilines is 3. The minimum Gasteiger partial charge on any atom is -0.366 e. The molecule has 0 radical (unpaired) electrons. The molecule has 0 atom stereocenters. The van der Waals surface area contributed by atoms with Crippen molar-refractivity contribution >= 4 is 29.1 Å². The summed E-state index contributed by atoms with van der Waals surface area (Å²) in [5.74, 6) is 0.679. The summed E-state index contributed by atoms with van der Waals surface area (Å²) in [4.78, 5) is 12.4. The average molecular weight is 394 g/mol. The molecule has 0 saturated heterocycles. The summed E-state index contributed by atoms with van der Waals surface area (Å²) in [5.41, 5.74) is 0.930. The number of pyridine rings is 1. The van der Waals surface area contributed by atoms with E-state index >= 15 is 0 Å². The van der Waals surface area contributed by atoms with Crippen LogP contribution in [0.3, 0.4) is 0 Å². The molecule has 3 aromatic rings. The van der Waals surface area contributed by atoms with Gasteiger partial charge >= 0.3 is 6.18 Å². The highest BCUT2D eigenvalue weighted by Crippen LogP contribution is 2.34. The Bertz CT molecular complexity index is 932. The number of benzene rings is 1. The predicted octanol–water partition coefficient (Wildman–Crippen LogP) is 5.21. The molecule has 0 amide bonds. The molecule has 9 heteroatoms. The maximum absolute atomic E-state index is 12.9. The third kappa shape index (κ3) is 5.07. The van der Waals surface area contributed by atoms with Crippen molar-refractivity contribution in [1.82, 2.24) is 15.0 Å². The van der Waals surface area contributed by atoms with Gasteiger partial charge in [0.1, 0.15) is 5.82 Å². The average Bonchev–Trinajstić information content (AvgIpc) is 2.61. The molecule has 0 saturated carbocycles. The molecule has 2 aromatic heterocycles. The van der Waals surface area contributed by atoms with Gasteiger partial charge in [-0.1, -0.05) is 11.6 Å². The normalized spacial score (nSPS) is 11.3. The molecule has 0 bridgehead atoms. The van der Waals surface area contributed by atoms with Crippen LogP contribution in [0, 0.1) is 6.92 Å². The van der Waals surface area contributed by atoms with Gasteiger partial charge in [0.15, 0.2) is 0 Å². The van der Waals surface area contributed by atoms with Gasteiger partial charge in [-0.05, 0) is 42.8 Å². The van der Waals surface area contributed by atoms with Crippen molar-refractivity contribution < 1.29 is 13.2 Å². The maximum Gasteiger partial charge on any atom is 0.416 e. The van der Waals surface area contributed by atoms with Gasteiger partial charge in [0.25, 0.3) is 0 Å². The maximum atomic E-state index is 12.9. The van der Waals surface area contributed by atoms with Crippen LogP contribution in [0.25, 0.3) is 0 Å². The van der Waals surface area contributed by atoms with Crippen molar-refractivity contribution in [2.24, 2.45) is 0 Å². The second-order valence-corrected chi connectivity index (χ2v) is 6.15. The first-order valence-electron chi connectivity index (χ1n) is 7.93. The van der Waals surface area contributed by atoms with E-state index in [9.17, 15) is 13.2 Å². The lowest BCUT2D eigenvalue weighted by molar-refractivity contribution is -0.137. The molecule has 140 valence electrons. The number of aromatic nitrogens is 3. The summed E-state index contributed by atoms with van der Waals surface area (Å²) >= 11 is 6.01. The zero-order valence-corrected chi connectivity index (χ0v) is 14.9. The van der Waals surface area contributed by atoms with E-state index in [0.717, 1.165) is 17.7 Å². The highest BCUT2D eigenvalue weighted by Gasteiger charge is 2.31. The fraction of sp³-hybridized carbons (Fsp3) is 0.167. The minimum absolute atomic E-state index is 0.0807. The van der Waals surface area contributed by atoms with Gasteiger partial charge in [-0.15, -0.1) is 0 Å². The van der Waals surface area contributed by atoms with E-state index < -0.39 is 11.7 Å². The Balaban J connectivity index is 1.80. The van der Waals surface area contributed by atoms with E-state index in [1.165, 1.54) is 6.07 Å². The lowest BCUT2D eigenvalue weighted by Gasteiger charge is -2.13. The Kier molecular flexibility index (Phi) is 5.46. The summed E-state index contributed by atoms with van der Waals surface area (Å²) in [5, 5.41) is 6.04. The number of aryl methyl sites for hydroxylation is 1. The van der Waals surface area contributed by atoms with Crippen LogP contribution in [-0.4, -0.2) is 15.0 Å². The number of nitrogens with one attached hydrogen (secondary N) is 2. The van der Waals surface area contributed by atoms with Gasteiger partial charge in [-0.25, -0.2) is 4.98 Å². The number of rotatable bonds is 5. The van der Waals surface area contributed by atoms with Crippen molar-refractivity contribution in [3.63, 3.8) is 0 Å². The van der Waals surface area contributed by atoms with Crippen LogP contribution >= 0.6 is 11.6 Å². The number of alkyl halides is 3. The summed E-state index contributed by atoms with van der Waals surface area (Å²) in [6, 6.07) is 8.50. The number of hydrogen-bond donors (Lipinski definition) is 2. The fourth-order valence-corrected chi connectivity index (χ4v) is 2.49. The Hall–Kier alpha value is -2.87. The molecule has 0 spiro atoms. The van der Waals surface area contributed by atoms with Gasteiger partial charge in [-0.2, -0.15) is 18.2 Å². The van der Waals surface area contributed by atoms with E-state index in [1.54, 1.807) is 25.4 Å². The van der Waals surface area contributed by atoms with Crippen LogP contribution in [0.1, 0.15) is 16.8 Å². The molecule has 0 aliphatic heterocycles. The Morgan fingerprint density at radius 2 is 1.78 bits per heavy atom. The van der Waals surface area contributed by atoms with Crippen LogP contribution in [-0.2, 0) is 12.7 Å². The van der Waals surface area contributed by atoms with Crippen molar-refractivity contribution in [1.29, 1.82) is 0 Å². The Morgan fingerprint density at radius 1 is 1.04 bits per heavy atom. The van der Waals surface area contributed by atoms with E-state index in [-0.39, 0.29) is 16.7 Å². The number of nitrogens with zero attached hydrogens (tertiary/aromatic N) is 3. The molecular weight excluding hydrogens is 379 g/mol. The topological polar surface area (TPSA) is 62.7 Å². The van der Waals surface area contributed by atoms with E-state index in [0.29, 0.717) is 18.1 Å². The second-order valence-electron chi connectivity index (χ2n) is 5.74. The molecule has 0 aliphatic carbocycles. The Morgan fingerprint density at radius 3 is 2.48 bits per heavy atom. The van der Waals surface area contributed by atoms with Crippen LogP contribution in [0.4, 0.5) is 30.6 Å². The van der Waals surface area contributed by atoms with Gasteiger partial charge in [0.2, 0.25) is 5.95 Å². The molecule has 1 aromatic carbocycles. The molecular formula is C18H15ClF3N5. The third-order valence-electron chi connectivity index (χ3n) is 3.62. The summed E-state index contributed by atoms with van der Waals surface area (Å²) in [7, 11) is 0. The van der Waals surface area contributed by atoms with Crippen LogP contribution in [0.15, 0.2) is 48.8 Å². The van der Waals surface area contributed by atoms with Crippen molar-refractivity contribution in [3.8, 4) is 0 Å². The molecule has 0 aliphatic rings. The first kappa shape index (κ1) is 18.9. The molecule has 0 fully saturated rings. The predicted molar refractivity (Wildman–Crippen MR) is 98.1 cm³/mol. The highest BCUT2D eigenvalue weighted by atomic mass is 35.5. The molecule has 2 N–H and O–H groups in total. The van der Waals surface area contributed by atoms with Crippen molar-refractivity contribution in [2.45, 2.75) is 19.6 Å². The lowest BCUT2D eigenvalue weighted by atomic mass is 10.2. The first-order chi connectivity index (χ1) is 12.8. The third-order valence-corrected chi connectivity index (χ3v) is 3.95. The monoisotopic (exact) mass is 393 g/mol. The van der Waals surface area contributed by atoms with Gasteiger partial charge in [-0.3, -0.25) is 4.98 Å². The molecule has 3 rings (SSSR count). The SMILES string of the molecule is Cc1cc(NCc2ccncc2)nc(Nc2cc(C(F)(F)F)ccc2Cl)n1. The van der Waals surface area contributed by atoms with Gasteiger partial charge in [0.05, 0.1) is 16.3 Å². The minimum atomic E-state index is -4.47. The van der Waals surface area contributed by atoms with E-state index in [1.807, 2.05) is 12.1 Å². The largest absolute Gasteiger partial charge is 0.416 e. The first-order valence-corrected chi connectivity index (χ1v) is 8.31. The standard InChI is InChI=1S/C18H15ClF3N5/c1-11-8-16(24-10-12-4-6-23-7-5-12)27-17(25-11)26-15-9-13(18(20,21)22)2-3-14(15)19/h2-9H,10H2,1H3,(H2,24,25,26,27). The molecule has 2 heterocycles. The van der Waals surface area contributed by atoms with Crippen molar-refractivity contribution in [3.05, 3.63) is 70.6 Å². The van der Waals surface area contributed by atoms with Crippen LogP contribution in [0.2, 0.25) is 5.02 Å². The smallest absolute Gasteiger partial charge is 0.366 e. The molecule has 0 unspecified atom stereocenters.